The van der Waals surface area contributed by atoms with Crippen LogP contribution in [0.15, 0.2) is 59.5 Å². The van der Waals surface area contributed by atoms with E-state index in [0.717, 1.165) is 5.75 Å². The maximum Gasteiger partial charge on any atom is 0.274 e. The van der Waals surface area contributed by atoms with Crippen LogP contribution in [-0.2, 0) is 16.0 Å². The summed E-state index contributed by atoms with van der Waals surface area (Å²) in [6.45, 7) is 1.02. The molecule has 0 bridgehead atoms. The maximum atomic E-state index is 12.6. The van der Waals surface area contributed by atoms with Crippen LogP contribution in [0.1, 0.15) is 0 Å². The summed E-state index contributed by atoms with van der Waals surface area (Å²) in [5.41, 5.74) is 0. The number of ether oxygens (including phenoxy) is 2. The average molecular weight is 392 g/mol. The Morgan fingerprint density at radius 2 is 1.88 bits per heavy atom. The Hall–Kier alpha value is -1.83. The van der Waals surface area contributed by atoms with Gasteiger partial charge in [0.25, 0.3) is 5.91 Å². The van der Waals surface area contributed by atoms with Crippen LogP contribution in [0.5, 0.6) is 11.5 Å². The summed E-state index contributed by atoms with van der Waals surface area (Å²) in [5, 5.41) is -0.0832. The molecule has 0 N–H and O–H groups in total. The number of hydrogen-bond donors (Lipinski definition) is 0. The van der Waals surface area contributed by atoms with Crippen LogP contribution in [0.25, 0.3) is 0 Å². The monoisotopic (exact) mass is 391 g/mol. The van der Waals surface area contributed by atoms with Crippen molar-refractivity contribution in [3.8, 4) is 11.5 Å². The van der Waals surface area contributed by atoms with E-state index in [1.807, 2.05) is 42.5 Å². The molecule has 0 radical (unpaired) electrons. The van der Waals surface area contributed by atoms with Crippen LogP contribution in [0.4, 0.5) is 0 Å². The van der Waals surface area contributed by atoms with Crippen molar-refractivity contribution in [1.82, 2.24) is 4.90 Å². The number of rotatable bonds is 7. The van der Waals surface area contributed by atoms with Crippen molar-refractivity contribution in [1.29, 1.82) is 0 Å². The Bertz CT molecular complexity index is 728. The molecular formula is C19H21NO4S2. The first-order valence-electron chi connectivity index (χ1n) is 8.29. The summed E-state index contributed by atoms with van der Waals surface area (Å²) in [6.07, 6.45) is 0. The van der Waals surface area contributed by atoms with E-state index in [0.29, 0.717) is 29.5 Å². The lowest BCUT2D eigenvalue weighted by Gasteiger charge is -2.24. The summed E-state index contributed by atoms with van der Waals surface area (Å²) in [6, 6.07) is 16.5. The maximum absolute atomic E-state index is 12.6. The fraction of sp³-hybridized carbons (Fsp3) is 0.316. The Morgan fingerprint density at radius 1 is 1.19 bits per heavy atom. The summed E-state index contributed by atoms with van der Waals surface area (Å²) in [7, 11) is 1.60. The van der Waals surface area contributed by atoms with E-state index < -0.39 is 11.2 Å². The van der Waals surface area contributed by atoms with E-state index in [2.05, 4.69) is 0 Å². The molecule has 26 heavy (non-hydrogen) atoms. The molecule has 5 nitrogen and oxygen atoms in total. The minimum absolute atomic E-state index is 0.00423. The van der Waals surface area contributed by atoms with Crippen molar-refractivity contribution < 1.29 is 18.8 Å². The third-order valence-electron chi connectivity index (χ3n) is 4.02. The molecule has 1 saturated heterocycles. The summed E-state index contributed by atoms with van der Waals surface area (Å²) >= 11 is 0.344. The summed E-state index contributed by atoms with van der Waals surface area (Å²) < 4.78 is 23.5. The number of thioether (sulfide) groups is 1. The van der Waals surface area contributed by atoms with Crippen LogP contribution in [-0.4, -0.2) is 52.5 Å². The lowest BCUT2D eigenvalue weighted by molar-refractivity contribution is -0.128. The van der Waals surface area contributed by atoms with Gasteiger partial charge < -0.3 is 18.9 Å². The molecule has 0 aromatic heterocycles. The van der Waals surface area contributed by atoms with Crippen LogP contribution in [0, 0.1) is 0 Å². The zero-order chi connectivity index (χ0) is 18.4. The lowest BCUT2D eigenvalue weighted by Crippen LogP contribution is -2.41. The molecule has 2 aromatic carbocycles. The Labute approximate surface area is 160 Å². The standard InChI is InChI=1S/C19H21NO4S2/c1-23-16-9-5-6-10-17(16)24-13-19-20(11-12-25-19)18(21)14-26(22)15-7-3-2-4-8-15/h2-10,19H,11-14H2,1H3/t19-,26?/m0/s1. The first-order chi connectivity index (χ1) is 12.7. The topological polar surface area (TPSA) is 61.8 Å². The lowest BCUT2D eigenvalue weighted by atomic mass is 10.3. The fourth-order valence-corrected chi connectivity index (χ4v) is 4.85. The third-order valence-corrected chi connectivity index (χ3v) is 6.52. The number of hydrogen-bond acceptors (Lipinski definition) is 5. The molecule has 0 saturated carbocycles. The van der Waals surface area contributed by atoms with Gasteiger partial charge in [0.15, 0.2) is 22.1 Å². The molecule has 0 spiro atoms. The molecule has 2 atom stereocenters. The van der Waals surface area contributed by atoms with Crippen LogP contribution in [0.2, 0.25) is 0 Å². The van der Waals surface area contributed by atoms with Crippen LogP contribution < -0.4 is 9.47 Å². The van der Waals surface area contributed by atoms with Crippen molar-refractivity contribution >= 4 is 28.8 Å². The van der Waals surface area contributed by atoms with Gasteiger partial charge in [-0.2, -0.15) is 0 Å². The fourth-order valence-electron chi connectivity index (χ4n) is 2.69. The van der Waals surface area contributed by atoms with Crippen molar-refractivity contribution in [3.63, 3.8) is 0 Å². The second-order valence-electron chi connectivity index (χ2n) is 5.68. The number of benzene rings is 2. The number of methoxy groups -OCH3 is 1. The number of nitrogens with zero attached hydrogens (tertiary/aromatic N) is 1. The molecular weight excluding hydrogens is 370 g/mol. The number of para-hydroxylation sites is 2. The average Bonchev–Trinajstić information content (AvgIpc) is 3.16. The van der Waals surface area contributed by atoms with Gasteiger partial charge in [0, 0.05) is 12.3 Å². The van der Waals surface area contributed by atoms with E-state index in [9.17, 15) is 9.35 Å². The molecule has 3 rings (SSSR count). The van der Waals surface area contributed by atoms with Gasteiger partial charge in [0.2, 0.25) is 0 Å². The summed E-state index contributed by atoms with van der Waals surface area (Å²) in [4.78, 5) is 15.1. The molecule has 1 aliphatic heterocycles. The molecule has 138 valence electrons. The Balaban J connectivity index is 1.58. The highest BCUT2D eigenvalue weighted by Crippen LogP contribution is 2.29. The predicted molar refractivity (Wildman–Crippen MR) is 104 cm³/mol. The van der Waals surface area contributed by atoms with Crippen molar-refractivity contribution in [2.75, 3.05) is 31.8 Å². The zero-order valence-electron chi connectivity index (χ0n) is 14.5. The van der Waals surface area contributed by atoms with E-state index in [1.165, 1.54) is 0 Å². The van der Waals surface area contributed by atoms with Gasteiger partial charge in [-0.1, -0.05) is 30.3 Å². The van der Waals surface area contributed by atoms with Gasteiger partial charge in [-0.05, 0) is 35.4 Å². The van der Waals surface area contributed by atoms with Crippen molar-refractivity contribution in [2.24, 2.45) is 0 Å². The quantitative estimate of drug-likeness (QED) is 0.679. The highest BCUT2D eigenvalue weighted by atomic mass is 32.2. The molecule has 2 aromatic rings. The zero-order valence-corrected chi connectivity index (χ0v) is 16.1. The second kappa shape index (κ2) is 9.21. The van der Waals surface area contributed by atoms with Gasteiger partial charge >= 0.3 is 0 Å². The molecule has 1 unspecified atom stereocenters. The normalized spacial score (nSPS) is 17.8. The molecule has 1 aliphatic rings. The summed E-state index contributed by atoms with van der Waals surface area (Å²) in [5.74, 6) is 2.06. The van der Waals surface area contributed by atoms with E-state index in [-0.39, 0.29) is 17.0 Å². The van der Waals surface area contributed by atoms with Gasteiger partial charge in [-0.25, -0.2) is 0 Å². The third kappa shape index (κ3) is 4.66. The Kier molecular flexibility index (Phi) is 6.71. The second-order valence-corrected chi connectivity index (χ2v) is 8.41. The van der Waals surface area contributed by atoms with Crippen LogP contribution >= 0.6 is 11.8 Å². The molecule has 7 heteroatoms. The van der Waals surface area contributed by atoms with Crippen molar-refractivity contribution in [3.05, 3.63) is 54.6 Å². The smallest absolute Gasteiger partial charge is 0.274 e. The van der Waals surface area contributed by atoms with E-state index in [4.69, 9.17) is 9.47 Å². The van der Waals surface area contributed by atoms with Crippen molar-refractivity contribution in [2.45, 2.75) is 10.3 Å². The molecule has 0 aliphatic carbocycles. The van der Waals surface area contributed by atoms with E-state index >= 15 is 0 Å². The SMILES string of the molecule is COc1ccccc1OC[C@@H]1SCCN1C(=O)C[S+]([O-])c1ccccc1. The highest BCUT2D eigenvalue weighted by Gasteiger charge is 2.32. The molecule has 1 amide bonds. The van der Waals surface area contributed by atoms with Gasteiger partial charge in [-0.15, -0.1) is 11.8 Å². The van der Waals surface area contributed by atoms with Gasteiger partial charge in [-0.3, -0.25) is 4.79 Å². The molecule has 1 heterocycles. The van der Waals surface area contributed by atoms with Crippen LogP contribution in [0.3, 0.4) is 0 Å². The first-order valence-corrected chi connectivity index (χ1v) is 10.7. The Morgan fingerprint density at radius 3 is 2.62 bits per heavy atom. The number of carbonyl (C=O) groups excluding carboxylic acids is 1. The van der Waals surface area contributed by atoms with Gasteiger partial charge in [0.05, 0.1) is 7.11 Å². The van der Waals surface area contributed by atoms with Gasteiger partial charge in [0.1, 0.15) is 12.0 Å². The minimum Gasteiger partial charge on any atom is -0.611 e. The largest absolute Gasteiger partial charge is 0.611 e. The predicted octanol–water partition coefficient (Wildman–Crippen LogP) is 2.78. The first kappa shape index (κ1) is 18.9. The molecule has 1 fully saturated rings. The number of carbonyl (C=O) groups is 1. The highest BCUT2D eigenvalue weighted by molar-refractivity contribution is 8.00. The number of amides is 1. The minimum atomic E-state index is -1.33. The van der Waals surface area contributed by atoms with E-state index in [1.54, 1.807) is 35.9 Å².